The second-order valence-corrected chi connectivity index (χ2v) is 7.90. The highest BCUT2D eigenvalue weighted by Gasteiger charge is 2.16. The summed E-state index contributed by atoms with van der Waals surface area (Å²) in [6.45, 7) is -0.449. The van der Waals surface area contributed by atoms with Crippen molar-refractivity contribution in [3.8, 4) is 11.5 Å². The molecule has 0 unspecified atom stereocenters. The Morgan fingerprint density at radius 3 is 2.73 bits per heavy atom. The van der Waals surface area contributed by atoms with Crippen LogP contribution in [0.5, 0.6) is 11.5 Å². The third-order valence-electron chi connectivity index (χ3n) is 3.81. The van der Waals surface area contributed by atoms with Crippen molar-refractivity contribution in [2.75, 3.05) is 11.9 Å². The molecule has 10 heteroatoms. The first kappa shape index (κ1) is 20.2. The molecule has 3 heterocycles. The molecule has 1 aromatic carbocycles. The number of benzene rings is 1. The number of rotatable bonds is 8. The van der Waals surface area contributed by atoms with E-state index in [4.69, 9.17) is 9.84 Å². The molecular weight excluding hydrogens is 422 g/mol. The predicted octanol–water partition coefficient (Wildman–Crippen LogP) is 4.04. The van der Waals surface area contributed by atoms with E-state index in [9.17, 15) is 5.11 Å². The lowest BCUT2D eigenvalue weighted by atomic mass is 10.4. The maximum atomic E-state index is 9.69. The Hall–Kier alpha value is -3.05. The third kappa shape index (κ3) is 5.10. The molecule has 4 aromatic rings. The van der Waals surface area contributed by atoms with Crippen molar-refractivity contribution in [1.82, 2.24) is 19.3 Å². The van der Waals surface area contributed by atoms with Gasteiger partial charge in [-0.3, -0.25) is 4.98 Å². The average Bonchev–Trinajstić information content (AvgIpc) is 3.25. The van der Waals surface area contributed by atoms with Gasteiger partial charge in [-0.15, -0.1) is 0 Å². The molecular formula is C20H17N5O3S2. The minimum atomic E-state index is -1.12. The molecule has 0 spiro atoms. The number of hydrogen-bond donors (Lipinski definition) is 3. The van der Waals surface area contributed by atoms with Crippen molar-refractivity contribution in [2.24, 2.45) is 0 Å². The molecule has 3 N–H and O–H groups in total. The summed E-state index contributed by atoms with van der Waals surface area (Å²) in [6, 6.07) is 15.4. The molecule has 152 valence electrons. The first-order valence-electron chi connectivity index (χ1n) is 8.91. The van der Waals surface area contributed by atoms with Crippen LogP contribution < -0.4 is 10.1 Å². The van der Waals surface area contributed by atoms with E-state index in [0.29, 0.717) is 22.4 Å². The summed E-state index contributed by atoms with van der Waals surface area (Å²) in [6.07, 6.45) is 3.89. The number of anilines is 2. The van der Waals surface area contributed by atoms with E-state index < -0.39 is 12.7 Å². The molecule has 0 aliphatic heterocycles. The molecule has 0 aliphatic rings. The number of ether oxygens (including phenoxy) is 1. The number of hydrogen-bond acceptors (Lipinski definition) is 10. The van der Waals surface area contributed by atoms with Gasteiger partial charge in [0.1, 0.15) is 11.9 Å². The van der Waals surface area contributed by atoms with Crippen LogP contribution in [0.25, 0.3) is 0 Å². The van der Waals surface area contributed by atoms with E-state index in [1.165, 1.54) is 0 Å². The maximum Gasteiger partial charge on any atom is 0.208 e. The SMILES string of the molecule is OC[C@@H](O)c1nsc(Nc2ncc(Sc3ccccc3)cc2Oc2cccnc2)n1. The number of nitrogens with zero attached hydrogens (tertiary/aromatic N) is 4. The minimum absolute atomic E-state index is 0.149. The molecule has 0 fully saturated rings. The van der Waals surface area contributed by atoms with E-state index >= 15 is 0 Å². The molecule has 0 radical (unpaired) electrons. The largest absolute Gasteiger partial charge is 0.452 e. The highest BCUT2D eigenvalue weighted by molar-refractivity contribution is 7.99. The lowest BCUT2D eigenvalue weighted by Gasteiger charge is -2.12. The second kappa shape index (κ2) is 9.63. The second-order valence-electron chi connectivity index (χ2n) is 6.00. The Kier molecular flexibility index (Phi) is 6.50. The van der Waals surface area contributed by atoms with Crippen LogP contribution in [0.4, 0.5) is 10.9 Å². The fraction of sp³-hybridized carbons (Fsp3) is 0.100. The van der Waals surface area contributed by atoms with Crippen molar-refractivity contribution in [3.05, 3.63) is 72.9 Å². The summed E-state index contributed by atoms with van der Waals surface area (Å²) in [5.74, 6) is 1.65. The highest BCUT2D eigenvalue weighted by atomic mass is 32.2. The van der Waals surface area contributed by atoms with E-state index in [1.807, 2.05) is 36.4 Å². The van der Waals surface area contributed by atoms with E-state index in [1.54, 1.807) is 42.5 Å². The van der Waals surface area contributed by atoms with Crippen LogP contribution in [-0.4, -0.2) is 36.1 Å². The fourth-order valence-corrected chi connectivity index (χ4v) is 3.87. The lowest BCUT2D eigenvalue weighted by Crippen LogP contribution is -2.04. The van der Waals surface area contributed by atoms with Crippen LogP contribution in [-0.2, 0) is 0 Å². The standard InChI is InChI=1S/C20H17N5O3S2/c26-12-16(27)18-23-20(30-25-18)24-19-17(28-13-5-4-8-21-10-13)9-15(11-22-19)29-14-6-2-1-3-7-14/h1-11,16,26-27H,12H2,(H,22,23,24,25)/t16-/m1/s1. The van der Waals surface area contributed by atoms with Crippen LogP contribution in [0.15, 0.2) is 76.9 Å². The lowest BCUT2D eigenvalue weighted by molar-refractivity contribution is 0.0897. The van der Waals surface area contributed by atoms with E-state index in [2.05, 4.69) is 24.6 Å². The maximum absolute atomic E-state index is 9.69. The molecule has 0 bridgehead atoms. The van der Waals surface area contributed by atoms with Gasteiger partial charge in [0.15, 0.2) is 17.4 Å². The minimum Gasteiger partial charge on any atom is -0.452 e. The Balaban J connectivity index is 1.61. The number of nitrogens with one attached hydrogen (secondary N) is 1. The molecule has 0 saturated heterocycles. The quantitative estimate of drug-likeness (QED) is 0.374. The van der Waals surface area contributed by atoms with Crippen molar-refractivity contribution in [2.45, 2.75) is 15.9 Å². The van der Waals surface area contributed by atoms with Crippen molar-refractivity contribution >= 4 is 34.2 Å². The van der Waals surface area contributed by atoms with Crippen LogP contribution in [0.3, 0.4) is 0 Å². The first-order chi connectivity index (χ1) is 14.7. The average molecular weight is 440 g/mol. The topological polar surface area (TPSA) is 113 Å². The number of aliphatic hydroxyl groups excluding tert-OH is 2. The summed E-state index contributed by atoms with van der Waals surface area (Å²) in [5.41, 5.74) is 0. The zero-order valence-electron chi connectivity index (χ0n) is 15.5. The number of pyridine rings is 2. The normalized spacial score (nSPS) is 11.8. The monoisotopic (exact) mass is 439 g/mol. The van der Waals surface area contributed by atoms with Crippen molar-refractivity contribution < 1.29 is 14.9 Å². The molecule has 0 aliphatic carbocycles. The van der Waals surface area contributed by atoms with E-state index in [-0.39, 0.29) is 5.82 Å². The van der Waals surface area contributed by atoms with Crippen molar-refractivity contribution in [3.63, 3.8) is 0 Å². The predicted molar refractivity (Wildman–Crippen MR) is 114 cm³/mol. The summed E-state index contributed by atoms with van der Waals surface area (Å²) in [4.78, 5) is 14.7. The van der Waals surface area contributed by atoms with Gasteiger partial charge in [0, 0.05) is 39.8 Å². The molecule has 4 rings (SSSR count). The fourth-order valence-electron chi connectivity index (χ4n) is 2.42. The van der Waals surface area contributed by atoms with Crippen LogP contribution in [0, 0.1) is 0 Å². The summed E-state index contributed by atoms with van der Waals surface area (Å²) in [5, 5.41) is 22.2. The van der Waals surface area contributed by atoms with Crippen LogP contribution in [0.1, 0.15) is 11.9 Å². The van der Waals surface area contributed by atoms with Gasteiger partial charge < -0.3 is 20.3 Å². The van der Waals surface area contributed by atoms with Crippen LogP contribution in [0.2, 0.25) is 0 Å². The van der Waals surface area contributed by atoms with Gasteiger partial charge in [-0.1, -0.05) is 30.0 Å². The van der Waals surface area contributed by atoms with Gasteiger partial charge in [0.25, 0.3) is 0 Å². The molecule has 1 atom stereocenters. The Morgan fingerprint density at radius 1 is 1.10 bits per heavy atom. The summed E-state index contributed by atoms with van der Waals surface area (Å²) in [7, 11) is 0. The molecule has 0 saturated carbocycles. The Labute approximate surface area is 180 Å². The van der Waals surface area contributed by atoms with Gasteiger partial charge in [0.05, 0.1) is 12.8 Å². The van der Waals surface area contributed by atoms with Gasteiger partial charge >= 0.3 is 0 Å². The first-order valence-corrected chi connectivity index (χ1v) is 10.5. The van der Waals surface area contributed by atoms with Gasteiger partial charge in [-0.05, 0) is 24.3 Å². The van der Waals surface area contributed by atoms with Gasteiger partial charge in [0.2, 0.25) is 5.13 Å². The Morgan fingerprint density at radius 2 is 1.97 bits per heavy atom. The molecule has 30 heavy (non-hydrogen) atoms. The zero-order chi connectivity index (χ0) is 20.8. The molecule has 8 nitrogen and oxygen atoms in total. The highest BCUT2D eigenvalue weighted by Crippen LogP contribution is 2.36. The van der Waals surface area contributed by atoms with E-state index in [0.717, 1.165) is 21.3 Å². The number of aliphatic hydroxyl groups is 2. The molecule has 3 aromatic heterocycles. The Bertz CT molecular complexity index is 1100. The number of aromatic nitrogens is 4. The van der Waals surface area contributed by atoms with Gasteiger partial charge in [-0.2, -0.15) is 4.37 Å². The third-order valence-corrected chi connectivity index (χ3v) is 5.42. The molecule has 0 amide bonds. The summed E-state index contributed by atoms with van der Waals surface area (Å²) >= 11 is 2.62. The van der Waals surface area contributed by atoms with Gasteiger partial charge in [-0.25, -0.2) is 9.97 Å². The zero-order valence-corrected chi connectivity index (χ0v) is 17.2. The smallest absolute Gasteiger partial charge is 0.208 e. The van der Waals surface area contributed by atoms with Crippen molar-refractivity contribution in [1.29, 1.82) is 0 Å². The van der Waals surface area contributed by atoms with Crippen LogP contribution >= 0.6 is 23.3 Å². The summed E-state index contributed by atoms with van der Waals surface area (Å²) < 4.78 is 10.0.